The lowest BCUT2D eigenvalue weighted by molar-refractivity contribution is 0.0786. The van der Waals surface area contributed by atoms with Gasteiger partial charge in [-0.05, 0) is 12.8 Å². The van der Waals surface area contributed by atoms with Gasteiger partial charge in [0.2, 0.25) is 0 Å². The fourth-order valence-electron chi connectivity index (χ4n) is 1.89. The Morgan fingerprint density at radius 2 is 2.17 bits per heavy atom. The van der Waals surface area contributed by atoms with E-state index >= 15 is 0 Å². The van der Waals surface area contributed by atoms with E-state index in [9.17, 15) is 4.79 Å². The summed E-state index contributed by atoms with van der Waals surface area (Å²) in [6.45, 7) is 2.93. The van der Waals surface area contributed by atoms with E-state index in [1.165, 1.54) is 6.20 Å². The van der Waals surface area contributed by atoms with Gasteiger partial charge in [0.05, 0.1) is 19.0 Å². The summed E-state index contributed by atoms with van der Waals surface area (Å²) in [5, 5.41) is 3.06. The normalized spacial score (nSPS) is 14.8. The summed E-state index contributed by atoms with van der Waals surface area (Å²) < 4.78 is 4.92. The summed E-state index contributed by atoms with van der Waals surface area (Å²) in [6, 6.07) is 0. The van der Waals surface area contributed by atoms with Gasteiger partial charge in [-0.25, -0.2) is 9.97 Å². The molecular weight excluding hydrogens is 232 g/mol. The summed E-state index contributed by atoms with van der Waals surface area (Å²) in [6.07, 6.45) is 5.26. The standard InChI is InChI=1S/C12H18N4O2/c1-18-7-4-13-11-9-14-10(8-15-11)12(17)16-5-2-3-6-16/h8-9H,2-7H2,1H3,(H,13,15). The molecule has 6 heteroatoms. The van der Waals surface area contributed by atoms with E-state index in [1.807, 2.05) is 4.90 Å². The second-order valence-corrected chi connectivity index (χ2v) is 4.21. The van der Waals surface area contributed by atoms with E-state index < -0.39 is 0 Å². The van der Waals surface area contributed by atoms with Crippen LogP contribution in [0.3, 0.4) is 0 Å². The molecule has 0 radical (unpaired) electrons. The molecule has 18 heavy (non-hydrogen) atoms. The zero-order chi connectivity index (χ0) is 12.8. The fourth-order valence-corrected chi connectivity index (χ4v) is 1.89. The molecule has 1 fully saturated rings. The van der Waals surface area contributed by atoms with Crippen molar-refractivity contribution >= 4 is 11.7 Å². The number of nitrogens with one attached hydrogen (secondary N) is 1. The quantitative estimate of drug-likeness (QED) is 0.782. The van der Waals surface area contributed by atoms with Gasteiger partial charge >= 0.3 is 0 Å². The number of hydrogen-bond acceptors (Lipinski definition) is 5. The molecule has 0 aliphatic carbocycles. The zero-order valence-corrected chi connectivity index (χ0v) is 10.6. The van der Waals surface area contributed by atoms with Crippen LogP contribution in [0.1, 0.15) is 23.3 Å². The Morgan fingerprint density at radius 3 is 2.78 bits per heavy atom. The van der Waals surface area contributed by atoms with Gasteiger partial charge in [0.15, 0.2) is 0 Å². The van der Waals surface area contributed by atoms with Crippen LogP contribution in [0.2, 0.25) is 0 Å². The van der Waals surface area contributed by atoms with Gasteiger partial charge in [0.1, 0.15) is 11.5 Å². The molecule has 0 saturated carbocycles. The zero-order valence-electron chi connectivity index (χ0n) is 10.6. The van der Waals surface area contributed by atoms with Crippen molar-refractivity contribution in [2.45, 2.75) is 12.8 Å². The van der Waals surface area contributed by atoms with Crippen molar-refractivity contribution in [3.8, 4) is 0 Å². The molecule has 0 spiro atoms. The first-order valence-electron chi connectivity index (χ1n) is 6.15. The summed E-state index contributed by atoms with van der Waals surface area (Å²) in [4.78, 5) is 22.1. The number of nitrogens with zero attached hydrogens (tertiary/aromatic N) is 3. The van der Waals surface area contributed by atoms with E-state index in [0.29, 0.717) is 24.7 Å². The predicted molar refractivity (Wildman–Crippen MR) is 67.5 cm³/mol. The molecule has 1 saturated heterocycles. The number of methoxy groups -OCH3 is 1. The number of likely N-dealkylation sites (tertiary alicyclic amines) is 1. The monoisotopic (exact) mass is 250 g/mol. The molecule has 1 aromatic heterocycles. The Kier molecular flexibility index (Phi) is 4.46. The SMILES string of the molecule is COCCNc1cnc(C(=O)N2CCCC2)cn1. The molecule has 6 nitrogen and oxygen atoms in total. The van der Waals surface area contributed by atoms with Gasteiger partial charge < -0.3 is 15.0 Å². The minimum Gasteiger partial charge on any atom is -0.383 e. The van der Waals surface area contributed by atoms with Crippen LogP contribution >= 0.6 is 0 Å². The average Bonchev–Trinajstić information content (AvgIpc) is 2.93. The van der Waals surface area contributed by atoms with Crippen molar-refractivity contribution in [2.75, 3.05) is 38.7 Å². The molecule has 2 rings (SSSR count). The number of rotatable bonds is 5. The summed E-state index contributed by atoms with van der Waals surface area (Å²) in [7, 11) is 1.64. The second kappa shape index (κ2) is 6.30. The Labute approximate surface area is 106 Å². The smallest absolute Gasteiger partial charge is 0.274 e. The molecule has 2 heterocycles. The molecule has 1 amide bonds. The maximum Gasteiger partial charge on any atom is 0.274 e. The van der Waals surface area contributed by atoms with Crippen molar-refractivity contribution < 1.29 is 9.53 Å². The predicted octanol–water partition coefficient (Wildman–Crippen LogP) is 0.771. The minimum absolute atomic E-state index is 0.0246. The lowest BCUT2D eigenvalue weighted by Gasteiger charge is -2.14. The van der Waals surface area contributed by atoms with Crippen LogP contribution in [0.4, 0.5) is 5.82 Å². The van der Waals surface area contributed by atoms with Crippen LogP contribution in [0.5, 0.6) is 0 Å². The molecule has 1 aliphatic heterocycles. The average molecular weight is 250 g/mol. The van der Waals surface area contributed by atoms with Crippen molar-refractivity contribution in [1.82, 2.24) is 14.9 Å². The lowest BCUT2D eigenvalue weighted by Crippen LogP contribution is -2.28. The summed E-state index contributed by atoms with van der Waals surface area (Å²) in [5.41, 5.74) is 0.411. The van der Waals surface area contributed by atoms with Crippen LogP contribution in [0.15, 0.2) is 12.4 Å². The molecular formula is C12H18N4O2. The van der Waals surface area contributed by atoms with Gasteiger partial charge in [-0.3, -0.25) is 4.79 Å². The number of anilines is 1. The van der Waals surface area contributed by atoms with Crippen molar-refractivity contribution in [3.05, 3.63) is 18.1 Å². The minimum atomic E-state index is -0.0246. The van der Waals surface area contributed by atoms with Gasteiger partial charge in [0, 0.05) is 26.7 Å². The van der Waals surface area contributed by atoms with Crippen LogP contribution in [-0.2, 0) is 4.74 Å². The van der Waals surface area contributed by atoms with Crippen molar-refractivity contribution in [3.63, 3.8) is 0 Å². The summed E-state index contributed by atoms with van der Waals surface area (Å²) >= 11 is 0. The molecule has 0 aromatic carbocycles. The number of hydrogen-bond donors (Lipinski definition) is 1. The van der Waals surface area contributed by atoms with E-state index in [0.717, 1.165) is 25.9 Å². The lowest BCUT2D eigenvalue weighted by atomic mass is 10.4. The topological polar surface area (TPSA) is 67.3 Å². The largest absolute Gasteiger partial charge is 0.383 e. The maximum atomic E-state index is 12.0. The molecule has 1 N–H and O–H groups in total. The first-order chi connectivity index (χ1) is 8.81. The van der Waals surface area contributed by atoms with Gasteiger partial charge in [-0.2, -0.15) is 0 Å². The van der Waals surface area contributed by atoms with Crippen LogP contribution in [0.25, 0.3) is 0 Å². The maximum absolute atomic E-state index is 12.0. The Balaban J connectivity index is 1.92. The highest BCUT2D eigenvalue weighted by molar-refractivity contribution is 5.92. The first-order valence-corrected chi connectivity index (χ1v) is 6.15. The Morgan fingerprint density at radius 1 is 1.39 bits per heavy atom. The van der Waals surface area contributed by atoms with E-state index in [2.05, 4.69) is 15.3 Å². The molecule has 1 aromatic rings. The fraction of sp³-hybridized carbons (Fsp3) is 0.583. The Bertz CT molecular complexity index is 388. The van der Waals surface area contributed by atoms with Gasteiger partial charge in [-0.1, -0.05) is 0 Å². The number of ether oxygens (including phenoxy) is 1. The molecule has 0 bridgehead atoms. The van der Waals surface area contributed by atoms with Gasteiger partial charge in [-0.15, -0.1) is 0 Å². The van der Waals surface area contributed by atoms with E-state index in [4.69, 9.17) is 4.74 Å². The molecule has 98 valence electrons. The highest BCUT2D eigenvalue weighted by atomic mass is 16.5. The number of aromatic nitrogens is 2. The van der Waals surface area contributed by atoms with E-state index in [1.54, 1.807) is 13.3 Å². The number of amides is 1. The number of carbonyl (C=O) groups is 1. The molecule has 0 unspecified atom stereocenters. The van der Waals surface area contributed by atoms with Gasteiger partial charge in [0.25, 0.3) is 5.91 Å². The van der Waals surface area contributed by atoms with E-state index in [-0.39, 0.29) is 5.91 Å². The van der Waals surface area contributed by atoms with Crippen molar-refractivity contribution in [2.24, 2.45) is 0 Å². The van der Waals surface area contributed by atoms with Crippen LogP contribution in [-0.4, -0.2) is 54.1 Å². The van der Waals surface area contributed by atoms with Crippen molar-refractivity contribution in [1.29, 1.82) is 0 Å². The highest BCUT2D eigenvalue weighted by Crippen LogP contribution is 2.11. The van der Waals surface area contributed by atoms with Crippen LogP contribution < -0.4 is 5.32 Å². The molecule has 0 atom stereocenters. The molecule has 1 aliphatic rings. The highest BCUT2D eigenvalue weighted by Gasteiger charge is 2.20. The summed E-state index contributed by atoms with van der Waals surface area (Å²) in [5.74, 6) is 0.633. The third-order valence-electron chi connectivity index (χ3n) is 2.88. The Hall–Kier alpha value is -1.69. The van der Waals surface area contributed by atoms with Crippen LogP contribution in [0, 0.1) is 0 Å². The number of carbonyl (C=O) groups excluding carboxylic acids is 1. The second-order valence-electron chi connectivity index (χ2n) is 4.21. The first kappa shape index (κ1) is 12.8. The third-order valence-corrected chi connectivity index (χ3v) is 2.88. The third kappa shape index (κ3) is 3.16.